The zero-order valence-electron chi connectivity index (χ0n) is 37.0. The van der Waals surface area contributed by atoms with Crippen molar-refractivity contribution in [2.75, 3.05) is 6.54 Å². The Kier molecular flexibility index (Phi) is 42.3. The summed E-state index contributed by atoms with van der Waals surface area (Å²) in [5.41, 5.74) is 5.49. The maximum atomic E-state index is 12.8. The van der Waals surface area contributed by atoms with Crippen LogP contribution in [0.1, 0.15) is 251 Å². The Labute approximate surface area is 346 Å². The maximum Gasteiger partial charge on any atom is 0.326 e. The first-order valence-electron chi connectivity index (χ1n) is 24.2. The van der Waals surface area contributed by atoms with E-state index >= 15 is 0 Å². The number of carboxylic acid groups (broad SMARTS) is 1. The molecule has 0 rings (SSSR count). The molecule has 7 nitrogen and oxygen atoms in total. The van der Waals surface area contributed by atoms with Gasteiger partial charge in [-0.2, -0.15) is 0 Å². The quantitative estimate of drug-likeness (QED) is 0.0321. The number of ether oxygens (including phenoxy) is 1. The molecule has 0 saturated carbocycles. The average Bonchev–Trinajstić information content (AvgIpc) is 3.18. The molecular weight excluding hydrogens is 697 g/mol. The van der Waals surface area contributed by atoms with Gasteiger partial charge in [-0.3, -0.25) is 9.59 Å². The fourth-order valence-electron chi connectivity index (χ4n) is 7.34. The van der Waals surface area contributed by atoms with Crippen molar-refractivity contribution in [2.45, 2.75) is 264 Å². The Morgan fingerprint density at radius 2 is 0.982 bits per heavy atom. The van der Waals surface area contributed by atoms with Crippen molar-refractivity contribution in [3.05, 3.63) is 24.3 Å². The van der Waals surface area contributed by atoms with E-state index in [0.29, 0.717) is 38.6 Å². The SMILES string of the molecule is CCCCCC/C=C\C/C=C\C(CCCCCCC(=O)NC(CCCN)C(=O)O)OC(=O)CCCCCCCCCCCCCCCCCCCCCCCC. The predicted octanol–water partition coefficient (Wildman–Crippen LogP) is 14.0. The first-order chi connectivity index (χ1) is 27.4. The van der Waals surface area contributed by atoms with Crippen molar-refractivity contribution in [3.63, 3.8) is 0 Å². The lowest BCUT2D eigenvalue weighted by Gasteiger charge is -2.15. The lowest BCUT2D eigenvalue weighted by Crippen LogP contribution is -2.40. The van der Waals surface area contributed by atoms with E-state index in [0.717, 1.165) is 51.4 Å². The van der Waals surface area contributed by atoms with Crippen LogP contribution in [0.5, 0.6) is 0 Å². The number of hydrogen-bond donors (Lipinski definition) is 3. The molecule has 0 bridgehead atoms. The molecule has 1 amide bonds. The summed E-state index contributed by atoms with van der Waals surface area (Å²) in [5, 5.41) is 11.9. The van der Waals surface area contributed by atoms with E-state index < -0.39 is 12.0 Å². The fourth-order valence-corrected chi connectivity index (χ4v) is 7.34. The summed E-state index contributed by atoms with van der Waals surface area (Å²) >= 11 is 0. The molecule has 0 aromatic heterocycles. The second-order valence-corrected chi connectivity index (χ2v) is 16.5. The maximum absolute atomic E-state index is 12.8. The first-order valence-corrected chi connectivity index (χ1v) is 24.2. The summed E-state index contributed by atoms with van der Waals surface area (Å²) in [7, 11) is 0. The van der Waals surface area contributed by atoms with Gasteiger partial charge in [-0.1, -0.05) is 199 Å². The molecule has 0 heterocycles. The second-order valence-electron chi connectivity index (χ2n) is 16.5. The number of esters is 1. The largest absolute Gasteiger partial charge is 0.480 e. The number of nitrogens with one attached hydrogen (secondary N) is 1. The highest BCUT2D eigenvalue weighted by Crippen LogP contribution is 2.17. The molecule has 2 unspecified atom stereocenters. The van der Waals surface area contributed by atoms with Gasteiger partial charge in [-0.05, 0) is 70.4 Å². The van der Waals surface area contributed by atoms with Crippen LogP contribution in [-0.2, 0) is 19.1 Å². The average molecular weight is 789 g/mol. The molecule has 0 aliphatic rings. The van der Waals surface area contributed by atoms with E-state index in [1.807, 2.05) is 0 Å². The zero-order valence-corrected chi connectivity index (χ0v) is 37.0. The lowest BCUT2D eigenvalue weighted by molar-refractivity contribution is -0.147. The molecule has 0 fully saturated rings. The van der Waals surface area contributed by atoms with Gasteiger partial charge in [0.15, 0.2) is 0 Å². The van der Waals surface area contributed by atoms with E-state index in [-0.39, 0.29) is 18.0 Å². The van der Waals surface area contributed by atoms with Gasteiger partial charge >= 0.3 is 11.9 Å². The predicted molar refractivity (Wildman–Crippen MR) is 239 cm³/mol. The molecule has 0 aliphatic carbocycles. The van der Waals surface area contributed by atoms with Crippen molar-refractivity contribution in [1.82, 2.24) is 5.32 Å². The van der Waals surface area contributed by atoms with Crippen LogP contribution in [0.15, 0.2) is 24.3 Å². The van der Waals surface area contributed by atoms with Crippen LogP contribution in [0.3, 0.4) is 0 Å². The third kappa shape index (κ3) is 40.1. The summed E-state index contributed by atoms with van der Waals surface area (Å²) in [4.78, 5) is 36.4. The highest BCUT2D eigenvalue weighted by Gasteiger charge is 2.19. The molecule has 7 heteroatoms. The number of carbonyl (C=O) groups excluding carboxylic acids is 2. The number of carbonyl (C=O) groups is 3. The highest BCUT2D eigenvalue weighted by atomic mass is 16.5. The van der Waals surface area contributed by atoms with Crippen LogP contribution in [-0.4, -0.2) is 41.6 Å². The Balaban J connectivity index is 4.13. The Morgan fingerprint density at radius 3 is 1.46 bits per heavy atom. The Bertz CT molecular complexity index is 935. The van der Waals surface area contributed by atoms with Crippen LogP contribution in [0, 0.1) is 0 Å². The van der Waals surface area contributed by atoms with E-state index in [4.69, 9.17) is 10.5 Å². The number of unbranched alkanes of at least 4 members (excludes halogenated alkanes) is 28. The molecule has 4 N–H and O–H groups in total. The molecule has 56 heavy (non-hydrogen) atoms. The fraction of sp³-hybridized carbons (Fsp3) is 0.857. The van der Waals surface area contributed by atoms with Gasteiger partial charge in [0.25, 0.3) is 0 Å². The molecule has 0 aromatic carbocycles. The topological polar surface area (TPSA) is 119 Å². The number of nitrogens with two attached hydrogens (primary N) is 1. The third-order valence-corrected chi connectivity index (χ3v) is 11.0. The number of amides is 1. The lowest BCUT2D eigenvalue weighted by atomic mass is 10.0. The summed E-state index contributed by atoms with van der Waals surface area (Å²) in [6, 6.07) is -0.873. The van der Waals surface area contributed by atoms with Crippen molar-refractivity contribution >= 4 is 17.8 Å². The number of hydrogen-bond acceptors (Lipinski definition) is 5. The van der Waals surface area contributed by atoms with Crippen molar-refractivity contribution in [2.24, 2.45) is 5.73 Å². The summed E-state index contributed by atoms with van der Waals surface area (Å²) in [6.07, 6.45) is 51.2. The Morgan fingerprint density at radius 1 is 0.536 bits per heavy atom. The van der Waals surface area contributed by atoms with Gasteiger partial charge in [0.05, 0.1) is 0 Å². The van der Waals surface area contributed by atoms with Gasteiger partial charge in [0.1, 0.15) is 12.1 Å². The highest BCUT2D eigenvalue weighted by molar-refractivity contribution is 5.83. The van der Waals surface area contributed by atoms with Gasteiger partial charge < -0.3 is 20.9 Å². The number of carboxylic acids is 1. The molecule has 0 aromatic rings. The minimum atomic E-state index is -1.01. The minimum absolute atomic E-state index is 0.0985. The summed E-state index contributed by atoms with van der Waals surface area (Å²) < 4.78 is 5.93. The standard InChI is InChI=1S/C49H92N2O5/c1-3-5-7-9-11-13-14-15-16-17-18-19-20-21-22-23-24-25-27-29-31-37-43-48(53)56-45(39-34-30-28-26-12-10-8-6-4-2)40-35-32-33-36-42-47(52)51-46(49(54)55)41-38-44-50/h26,28,34,39,45-46H,3-25,27,29-33,35-38,40-44,50H2,1-2H3,(H,51,52)(H,54,55)/b28-26-,39-34-. The number of aliphatic carboxylic acids is 1. The summed E-state index contributed by atoms with van der Waals surface area (Å²) in [6.45, 7) is 4.93. The number of allylic oxidation sites excluding steroid dienone is 3. The molecule has 0 spiro atoms. The first kappa shape index (κ1) is 53.9. The van der Waals surface area contributed by atoms with Crippen LogP contribution in [0.2, 0.25) is 0 Å². The van der Waals surface area contributed by atoms with Crippen molar-refractivity contribution in [1.29, 1.82) is 0 Å². The van der Waals surface area contributed by atoms with Crippen LogP contribution >= 0.6 is 0 Å². The normalized spacial score (nSPS) is 12.8. The van der Waals surface area contributed by atoms with Crippen LogP contribution in [0.4, 0.5) is 0 Å². The van der Waals surface area contributed by atoms with Crippen molar-refractivity contribution in [3.8, 4) is 0 Å². The summed E-state index contributed by atoms with van der Waals surface area (Å²) in [5.74, 6) is -1.34. The monoisotopic (exact) mass is 789 g/mol. The second kappa shape index (κ2) is 44.0. The van der Waals surface area contributed by atoms with Crippen LogP contribution < -0.4 is 11.1 Å². The van der Waals surface area contributed by atoms with E-state index in [1.165, 1.54) is 154 Å². The van der Waals surface area contributed by atoms with Gasteiger partial charge in [0.2, 0.25) is 5.91 Å². The molecule has 0 radical (unpaired) electrons. The molecule has 328 valence electrons. The molecule has 0 aliphatic heterocycles. The molecular formula is C49H92N2O5. The van der Waals surface area contributed by atoms with E-state index in [2.05, 4.69) is 43.5 Å². The molecule has 0 saturated heterocycles. The third-order valence-electron chi connectivity index (χ3n) is 11.0. The van der Waals surface area contributed by atoms with Gasteiger partial charge in [-0.15, -0.1) is 0 Å². The zero-order chi connectivity index (χ0) is 41.0. The Hall–Kier alpha value is -2.15. The van der Waals surface area contributed by atoms with Gasteiger partial charge in [0, 0.05) is 12.8 Å². The van der Waals surface area contributed by atoms with E-state index in [1.54, 1.807) is 0 Å². The van der Waals surface area contributed by atoms with Gasteiger partial charge in [-0.25, -0.2) is 4.79 Å². The van der Waals surface area contributed by atoms with Crippen LogP contribution in [0.25, 0.3) is 0 Å². The smallest absolute Gasteiger partial charge is 0.326 e. The minimum Gasteiger partial charge on any atom is -0.480 e. The van der Waals surface area contributed by atoms with E-state index in [9.17, 15) is 19.5 Å². The van der Waals surface area contributed by atoms with Crippen molar-refractivity contribution < 1.29 is 24.2 Å². The molecule has 2 atom stereocenters. The number of rotatable bonds is 44.